The van der Waals surface area contributed by atoms with Gasteiger partial charge >= 0.3 is 0 Å². The van der Waals surface area contributed by atoms with Crippen molar-refractivity contribution in [1.82, 2.24) is 9.55 Å². The first-order chi connectivity index (χ1) is 9.15. The Morgan fingerprint density at radius 1 is 1.42 bits per heavy atom. The molecule has 0 unspecified atom stereocenters. The summed E-state index contributed by atoms with van der Waals surface area (Å²) in [6, 6.07) is 6.21. The zero-order chi connectivity index (χ0) is 13.8. The van der Waals surface area contributed by atoms with Gasteiger partial charge in [0.1, 0.15) is 5.75 Å². The predicted molar refractivity (Wildman–Crippen MR) is 80.1 cm³/mol. The number of hydrogen-bond donors (Lipinski definition) is 0. The van der Waals surface area contributed by atoms with Gasteiger partial charge in [0.2, 0.25) is 0 Å². The summed E-state index contributed by atoms with van der Waals surface area (Å²) in [7, 11) is 3.69. The van der Waals surface area contributed by atoms with Crippen LogP contribution in [0, 0.1) is 6.92 Å². The molecule has 0 saturated heterocycles. The fourth-order valence-electron chi connectivity index (χ4n) is 1.85. The van der Waals surface area contributed by atoms with Crippen LogP contribution in [0.15, 0.2) is 29.6 Å². The van der Waals surface area contributed by atoms with E-state index in [1.165, 1.54) is 11.1 Å². The summed E-state index contributed by atoms with van der Waals surface area (Å²) in [5.74, 6) is 2.24. The van der Waals surface area contributed by atoms with E-state index in [-0.39, 0.29) is 0 Å². The van der Waals surface area contributed by atoms with Crippen LogP contribution < -0.4 is 4.74 Å². The minimum Gasteiger partial charge on any atom is -0.496 e. The number of benzene rings is 1. The largest absolute Gasteiger partial charge is 0.496 e. The number of hydrogen-bond acceptors (Lipinski definition) is 3. The van der Waals surface area contributed by atoms with E-state index in [1.54, 1.807) is 18.9 Å². The Bertz CT molecular complexity index is 569. The standard InChI is InChI=1S/C14H17ClN2OS/c1-10-4-5-13(18-3)11(6-10)9-19-14-16-8-12(7-15)17(14)2/h4-6,8H,7,9H2,1-3H3. The zero-order valence-corrected chi connectivity index (χ0v) is 12.9. The first kappa shape index (κ1) is 14.3. The van der Waals surface area contributed by atoms with Gasteiger partial charge in [0.15, 0.2) is 5.16 Å². The van der Waals surface area contributed by atoms with Crippen LogP contribution in [0.2, 0.25) is 0 Å². The fraction of sp³-hybridized carbons (Fsp3) is 0.357. The third-order valence-corrected chi connectivity index (χ3v) is 4.34. The monoisotopic (exact) mass is 296 g/mol. The topological polar surface area (TPSA) is 27.1 Å². The van der Waals surface area contributed by atoms with E-state index in [9.17, 15) is 0 Å². The first-order valence-corrected chi connectivity index (χ1v) is 7.50. The number of aryl methyl sites for hydroxylation is 1. The molecule has 2 aromatic rings. The van der Waals surface area contributed by atoms with E-state index >= 15 is 0 Å². The van der Waals surface area contributed by atoms with Crippen LogP contribution in [0.1, 0.15) is 16.8 Å². The van der Waals surface area contributed by atoms with Crippen molar-refractivity contribution in [3.63, 3.8) is 0 Å². The van der Waals surface area contributed by atoms with Gasteiger partial charge < -0.3 is 9.30 Å². The van der Waals surface area contributed by atoms with Gasteiger partial charge in [0.05, 0.1) is 24.9 Å². The predicted octanol–water partition coefficient (Wildman–Crippen LogP) is 3.77. The minimum absolute atomic E-state index is 0.484. The lowest BCUT2D eigenvalue weighted by Crippen LogP contribution is -1.96. The van der Waals surface area contributed by atoms with Gasteiger partial charge in [0, 0.05) is 18.4 Å². The maximum absolute atomic E-state index is 5.84. The Hall–Kier alpha value is -1.13. The second-order valence-corrected chi connectivity index (χ2v) is 5.54. The van der Waals surface area contributed by atoms with E-state index in [2.05, 4.69) is 24.0 Å². The molecule has 0 aliphatic carbocycles. The molecule has 1 aromatic carbocycles. The zero-order valence-electron chi connectivity index (χ0n) is 11.3. The van der Waals surface area contributed by atoms with Gasteiger partial charge in [-0.25, -0.2) is 4.98 Å². The average molecular weight is 297 g/mol. The van der Waals surface area contributed by atoms with E-state index in [1.807, 2.05) is 23.9 Å². The van der Waals surface area contributed by atoms with Crippen LogP contribution >= 0.6 is 23.4 Å². The third kappa shape index (κ3) is 3.25. The van der Waals surface area contributed by atoms with Crippen molar-refractivity contribution >= 4 is 23.4 Å². The van der Waals surface area contributed by atoms with Gasteiger partial charge in [0.25, 0.3) is 0 Å². The Morgan fingerprint density at radius 3 is 2.84 bits per heavy atom. The Labute approximate surface area is 122 Å². The molecule has 2 rings (SSSR count). The van der Waals surface area contributed by atoms with Crippen molar-refractivity contribution in [2.45, 2.75) is 23.7 Å². The molecule has 5 heteroatoms. The summed E-state index contributed by atoms with van der Waals surface area (Å²) < 4.78 is 7.41. The highest BCUT2D eigenvalue weighted by Crippen LogP contribution is 2.28. The molecule has 19 heavy (non-hydrogen) atoms. The highest BCUT2D eigenvalue weighted by atomic mass is 35.5. The molecule has 0 amide bonds. The van der Waals surface area contributed by atoms with Crippen LogP contribution in [0.3, 0.4) is 0 Å². The maximum Gasteiger partial charge on any atom is 0.168 e. The molecule has 0 aliphatic heterocycles. The number of ether oxygens (including phenoxy) is 1. The summed E-state index contributed by atoms with van der Waals surface area (Å²) in [5.41, 5.74) is 3.45. The number of thioether (sulfide) groups is 1. The number of alkyl halides is 1. The van der Waals surface area contributed by atoms with Gasteiger partial charge in [-0.2, -0.15) is 0 Å². The Kier molecular flexibility index (Phi) is 4.77. The first-order valence-electron chi connectivity index (χ1n) is 5.98. The van der Waals surface area contributed by atoms with Crippen molar-refractivity contribution in [3.05, 3.63) is 41.2 Å². The number of nitrogens with zero attached hydrogens (tertiary/aromatic N) is 2. The van der Waals surface area contributed by atoms with Crippen LogP contribution in [-0.2, 0) is 18.7 Å². The highest BCUT2D eigenvalue weighted by Gasteiger charge is 2.09. The quantitative estimate of drug-likeness (QED) is 0.621. The van der Waals surface area contributed by atoms with Gasteiger partial charge in [-0.05, 0) is 13.0 Å². The number of halogens is 1. The van der Waals surface area contributed by atoms with E-state index < -0.39 is 0 Å². The molecule has 0 aliphatic rings. The molecular weight excluding hydrogens is 280 g/mol. The molecule has 1 heterocycles. The minimum atomic E-state index is 0.484. The molecule has 0 N–H and O–H groups in total. The molecular formula is C14H17ClN2OS. The number of methoxy groups -OCH3 is 1. The molecule has 102 valence electrons. The van der Waals surface area contributed by atoms with Crippen LogP contribution in [0.4, 0.5) is 0 Å². The third-order valence-electron chi connectivity index (χ3n) is 2.97. The summed E-state index contributed by atoms with van der Waals surface area (Å²) in [6.07, 6.45) is 1.82. The van der Waals surface area contributed by atoms with E-state index in [0.717, 1.165) is 22.4 Å². The van der Waals surface area contributed by atoms with Crippen LogP contribution in [-0.4, -0.2) is 16.7 Å². The normalized spacial score (nSPS) is 10.7. The van der Waals surface area contributed by atoms with Gasteiger partial charge in [-0.1, -0.05) is 29.5 Å². The molecule has 0 bridgehead atoms. The molecule has 0 saturated carbocycles. The van der Waals surface area contributed by atoms with Gasteiger partial charge in [-0.3, -0.25) is 0 Å². The average Bonchev–Trinajstić information content (AvgIpc) is 2.77. The number of imidazole rings is 1. The van der Waals surface area contributed by atoms with Crippen molar-refractivity contribution in [1.29, 1.82) is 0 Å². The molecule has 0 radical (unpaired) electrons. The van der Waals surface area contributed by atoms with Crippen molar-refractivity contribution < 1.29 is 4.74 Å². The summed E-state index contributed by atoms with van der Waals surface area (Å²) in [5, 5.41) is 0.971. The fourth-order valence-corrected chi connectivity index (χ4v) is 3.04. The van der Waals surface area contributed by atoms with Crippen molar-refractivity contribution in [2.24, 2.45) is 7.05 Å². The number of rotatable bonds is 5. The van der Waals surface area contributed by atoms with Crippen LogP contribution in [0.25, 0.3) is 0 Å². The Balaban J connectivity index is 2.13. The second-order valence-electron chi connectivity index (χ2n) is 4.33. The lowest BCUT2D eigenvalue weighted by Gasteiger charge is -2.09. The van der Waals surface area contributed by atoms with Crippen molar-refractivity contribution in [2.75, 3.05) is 7.11 Å². The molecule has 3 nitrogen and oxygen atoms in total. The smallest absolute Gasteiger partial charge is 0.168 e. The van der Waals surface area contributed by atoms with Gasteiger partial charge in [-0.15, -0.1) is 11.6 Å². The van der Waals surface area contributed by atoms with Crippen LogP contribution in [0.5, 0.6) is 5.75 Å². The maximum atomic E-state index is 5.84. The van der Waals surface area contributed by atoms with Crippen molar-refractivity contribution in [3.8, 4) is 5.75 Å². The summed E-state index contributed by atoms with van der Waals surface area (Å²) >= 11 is 7.53. The van der Waals surface area contributed by atoms with E-state index in [0.29, 0.717) is 5.88 Å². The summed E-state index contributed by atoms with van der Waals surface area (Å²) in [4.78, 5) is 4.38. The second kappa shape index (κ2) is 6.35. The molecule has 0 fully saturated rings. The molecule has 0 spiro atoms. The van der Waals surface area contributed by atoms with E-state index in [4.69, 9.17) is 16.3 Å². The molecule has 0 atom stereocenters. The Morgan fingerprint density at radius 2 is 2.21 bits per heavy atom. The highest BCUT2D eigenvalue weighted by molar-refractivity contribution is 7.98. The number of aromatic nitrogens is 2. The molecule has 1 aromatic heterocycles. The lowest BCUT2D eigenvalue weighted by atomic mass is 10.1. The summed E-state index contributed by atoms with van der Waals surface area (Å²) in [6.45, 7) is 2.08. The lowest BCUT2D eigenvalue weighted by molar-refractivity contribution is 0.411. The SMILES string of the molecule is COc1ccc(C)cc1CSc1ncc(CCl)n1C.